The molecule has 6 rings (SSSR count). The van der Waals surface area contributed by atoms with Crippen LogP contribution in [0.4, 0.5) is 0 Å². The normalized spacial score (nSPS) is 30.3. The summed E-state index contributed by atoms with van der Waals surface area (Å²) >= 11 is 0. The van der Waals surface area contributed by atoms with Crippen LogP contribution in [0.15, 0.2) is 0 Å². The van der Waals surface area contributed by atoms with Crippen molar-refractivity contribution in [2.45, 2.75) is 303 Å². The van der Waals surface area contributed by atoms with Crippen molar-refractivity contribution >= 4 is 94.8 Å². The Morgan fingerprint density at radius 3 is 1.06 bits per heavy atom. The standard InChI is InChI=1S/C68H106N12O37/c1-23(70-57(95)25(3)110-53-45(74-29(7)85)65-108-21-39(114-65)51(53)116-67-43(72-27(5)83)49(91)47(89)37(19-81)112-67)55(93)78-35(63(104)105)15-17-41(87)76-32(12-9-11-31(69)60(98)99)59(97)80-34(62(102)103)14-10-13-33(61(100)101)77-42(88)18-16-36(64(106)107)79-56(94)24(2)71-58(96)26(4)111-54-46(75-30(8)86)66-109-22-40(115-66)52(54)117-68-44(73-28(6)84)50(92)48(90)38(20-82)113-68/h23-26,31-40,43-54,65-68,81-82,89-92H,9-22,69H2,1-8H3,(H,70,95)(H,71,96)(H,72,83)(H,73,84)(H,74,85)(H,75,86)(H,76,87)(H,77,88)(H,78,93)(H,79,94)(H,80,97)(H,98,99)(H,100,101)(H,102,103)(H,104,105)(H,106,107). The third kappa shape index (κ3) is 27.4. The SMILES string of the molecule is CC(=O)NC1C(OC2C3COC(O3)C(NC(C)=O)C2OC(C)C(=O)NC(C)C(=O)NC(CCC(=O)NC(CCCC(NC(=O)C(CCCC(N)C(=O)O)NC(=O)CCC(NC(=O)C(C)NC(=O)C(C)OC2C(NC(C)=O)C3OCC(O3)C2OC2OC(CO)C(O)C(O)C2NC(C)=O)C(=O)O)C(=O)O)C(=O)O)C(=O)O)OC(CO)C(O)C1O. The van der Waals surface area contributed by atoms with E-state index in [1.807, 2.05) is 0 Å². The minimum absolute atomic E-state index is 0.179. The van der Waals surface area contributed by atoms with Crippen LogP contribution in [-0.4, -0.2) is 361 Å². The molecule has 0 aromatic rings. The Balaban J connectivity index is 1.00. The number of aliphatic carboxylic acids is 5. The zero-order chi connectivity index (χ0) is 87.3. The highest BCUT2D eigenvalue weighted by Crippen LogP contribution is 2.38. The third-order valence-electron chi connectivity index (χ3n) is 19.7. The number of amides is 11. The predicted molar refractivity (Wildman–Crippen MR) is 381 cm³/mol. The quantitative estimate of drug-likeness (QED) is 0.0269. The molecule has 0 spiro atoms. The Kier molecular flexibility index (Phi) is 36.8. The number of ether oxygens (including phenoxy) is 10. The molecular formula is C68H106N12O37. The molecule has 11 amide bonds. The van der Waals surface area contributed by atoms with Gasteiger partial charge in [-0.3, -0.25) is 57.5 Å². The van der Waals surface area contributed by atoms with Gasteiger partial charge in [-0.05, 0) is 79.1 Å². The number of rotatable bonds is 45. The first-order chi connectivity index (χ1) is 54.9. The number of aliphatic hydroxyl groups is 6. The predicted octanol–water partition coefficient (Wildman–Crippen LogP) is -11.2. The summed E-state index contributed by atoms with van der Waals surface area (Å²) in [4.78, 5) is 206. The zero-order valence-corrected chi connectivity index (χ0v) is 64.8. The molecule has 0 saturated carbocycles. The van der Waals surface area contributed by atoms with Crippen LogP contribution in [0.25, 0.3) is 0 Å². The van der Waals surface area contributed by atoms with Crippen molar-refractivity contribution in [3.63, 3.8) is 0 Å². The van der Waals surface area contributed by atoms with Gasteiger partial charge in [0.25, 0.3) is 0 Å². The largest absolute Gasteiger partial charge is 0.480 e. The summed E-state index contributed by atoms with van der Waals surface area (Å²) in [5, 5.41) is 138. The van der Waals surface area contributed by atoms with Crippen molar-refractivity contribution in [1.82, 2.24) is 58.5 Å². The molecule has 117 heavy (non-hydrogen) atoms. The Labute approximate surface area is 666 Å². The molecule has 49 nitrogen and oxygen atoms in total. The van der Waals surface area contributed by atoms with Gasteiger partial charge in [0.1, 0.15) is 158 Å². The van der Waals surface area contributed by atoms with Crippen LogP contribution in [0, 0.1) is 0 Å². The first-order valence-electron chi connectivity index (χ1n) is 37.4. The van der Waals surface area contributed by atoms with Gasteiger partial charge in [0, 0.05) is 40.5 Å². The molecule has 30 unspecified atom stereocenters. The summed E-state index contributed by atoms with van der Waals surface area (Å²) in [6.45, 7) is 7.28. The lowest BCUT2D eigenvalue weighted by atomic mass is 9.95. The molecular weight excluding hydrogens is 1580 g/mol. The molecule has 6 saturated heterocycles. The van der Waals surface area contributed by atoms with Gasteiger partial charge in [-0.2, -0.15) is 0 Å². The number of nitrogens with two attached hydrogens (primary N) is 1. The Bertz CT molecular complexity index is 3530. The number of carboxylic acids is 5. The molecule has 24 N–H and O–H groups in total. The molecule has 49 heteroatoms. The van der Waals surface area contributed by atoms with Gasteiger partial charge in [0.2, 0.25) is 65.0 Å². The van der Waals surface area contributed by atoms with E-state index >= 15 is 0 Å². The fourth-order valence-electron chi connectivity index (χ4n) is 13.5. The van der Waals surface area contributed by atoms with Crippen LogP contribution in [0.5, 0.6) is 0 Å². The molecule has 6 fully saturated rings. The number of carboxylic acid groups (broad SMARTS) is 5. The Morgan fingerprint density at radius 2 is 0.709 bits per heavy atom. The molecule has 0 aromatic carbocycles. The highest BCUT2D eigenvalue weighted by atomic mass is 16.8. The van der Waals surface area contributed by atoms with Crippen LogP contribution >= 0.6 is 0 Å². The highest BCUT2D eigenvalue weighted by molar-refractivity contribution is 5.94. The molecule has 0 aliphatic carbocycles. The molecule has 6 heterocycles. The number of carbonyl (C=O) groups is 16. The van der Waals surface area contributed by atoms with Crippen molar-refractivity contribution in [3.05, 3.63) is 0 Å². The lowest BCUT2D eigenvalue weighted by Crippen LogP contribution is -2.68. The minimum atomic E-state index is -1.87. The maximum atomic E-state index is 13.8. The van der Waals surface area contributed by atoms with Gasteiger partial charge in [0.05, 0.1) is 26.4 Å². The monoisotopic (exact) mass is 1680 g/mol. The molecule has 30 atom stereocenters. The summed E-state index contributed by atoms with van der Waals surface area (Å²) in [5.74, 6) is -18.3. The molecule has 0 radical (unpaired) electrons. The third-order valence-corrected chi connectivity index (χ3v) is 19.7. The summed E-state index contributed by atoms with van der Waals surface area (Å²) in [7, 11) is 0. The fraction of sp³-hybridized carbons (Fsp3) is 0.765. The van der Waals surface area contributed by atoms with E-state index in [1.54, 1.807) is 0 Å². The number of hydrogen-bond donors (Lipinski definition) is 23. The molecule has 0 aromatic heterocycles. The fourth-order valence-corrected chi connectivity index (χ4v) is 13.5. The van der Waals surface area contributed by atoms with Crippen molar-refractivity contribution < 1.29 is 180 Å². The lowest BCUT2D eigenvalue weighted by molar-refractivity contribution is -0.313. The first kappa shape index (κ1) is 96.7. The summed E-state index contributed by atoms with van der Waals surface area (Å²) in [5.41, 5.74) is 5.64. The van der Waals surface area contributed by atoms with Crippen molar-refractivity contribution in [1.29, 1.82) is 0 Å². The van der Waals surface area contributed by atoms with E-state index in [0.29, 0.717) is 0 Å². The van der Waals surface area contributed by atoms with E-state index in [0.717, 1.165) is 41.5 Å². The topological polar surface area (TPSA) is 746 Å². The number of nitrogens with one attached hydrogen (secondary N) is 11. The number of fused-ring (bicyclic) bond motifs is 4. The number of carbonyl (C=O) groups excluding carboxylic acids is 11. The van der Waals surface area contributed by atoms with Gasteiger partial charge in [-0.1, -0.05) is 0 Å². The van der Waals surface area contributed by atoms with E-state index in [2.05, 4.69) is 58.5 Å². The van der Waals surface area contributed by atoms with Gasteiger partial charge >= 0.3 is 29.8 Å². The van der Waals surface area contributed by atoms with Gasteiger partial charge in [-0.25, -0.2) is 19.2 Å². The Morgan fingerprint density at radius 1 is 0.385 bits per heavy atom. The molecule has 4 bridgehead atoms. The second-order valence-electron chi connectivity index (χ2n) is 28.9. The van der Waals surface area contributed by atoms with E-state index in [-0.39, 0.29) is 32.5 Å². The lowest BCUT2D eigenvalue weighted by Gasteiger charge is -2.47. The van der Waals surface area contributed by atoms with Gasteiger partial charge in [-0.15, -0.1) is 0 Å². The first-order valence-corrected chi connectivity index (χ1v) is 37.4. The molecule has 6 aliphatic heterocycles. The highest BCUT2D eigenvalue weighted by Gasteiger charge is 2.59. The number of hydrogen-bond acceptors (Lipinski definition) is 33. The van der Waals surface area contributed by atoms with E-state index in [4.69, 9.17) is 53.1 Å². The van der Waals surface area contributed by atoms with Crippen LogP contribution in [0.1, 0.15) is 120 Å². The van der Waals surface area contributed by atoms with Crippen LogP contribution in [0.2, 0.25) is 0 Å². The van der Waals surface area contributed by atoms with Crippen molar-refractivity contribution in [2.24, 2.45) is 5.73 Å². The van der Waals surface area contributed by atoms with Crippen LogP contribution in [0.3, 0.4) is 0 Å². The second-order valence-corrected chi connectivity index (χ2v) is 28.9. The second kappa shape index (κ2) is 44.6. The smallest absolute Gasteiger partial charge is 0.326 e. The van der Waals surface area contributed by atoms with E-state index in [9.17, 15) is 133 Å². The summed E-state index contributed by atoms with van der Waals surface area (Å²) < 4.78 is 59.6. The van der Waals surface area contributed by atoms with Crippen LogP contribution in [-0.2, 0) is 124 Å². The minimum Gasteiger partial charge on any atom is -0.480 e. The maximum Gasteiger partial charge on any atom is 0.326 e. The van der Waals surface area contributed by atoms with Crippen LogP contribution < -0.4 is 64.2 Å². The number of aliphatic hydroxyl groups excluding tert-OH is 6. The summed E-state index contributed by atoms with van der Waals surface area (Å²) in [6.07, 6.45) is -31.2. The maximum absolute atomic E-state index is 13.8. The average molecular weight is 1680 g/mol. The van der Waals surface area contributed by atoms with E-state index < -0.39 is 336 Å². The summed E-state index contributed by atoms with van der Waals surface area (Å²) in [6, 6.07) is -18.9. The van der Waals surface area contributed by atoms with Crippen molar-refractivity contribution in [3.8, 4) is 0 Å². The van der Waals surface area contributed by atoms with Crippen molar-refractivity contribution in [2.75, 3.05) is 26.4 Å². The van der Waals surface area contributed by atoms with E-state index in [1.165, 1.54) is 13.8 Å². The Hall–Kier alpha value is -9.16. The average Bonchev–Trinajstić information content (AvgIpc) is 1.62. The van der Waals surface area contributed by atoms with Gasteiger partial charge < -0.3 is 168 Å². The molecule has 6 aliphatic rings. The zero-order valence-electron chi connectivity index (χ0n) is 64.8. The van der Waals surface area contributed by atoms with Gasteiger partial charge in [0.15, 0.2) is 25.2 Å². The molecule has 660 valence electrons.